The summed E-state index contributed by atoms with van der Waals surface area (Å²) in [5.41, 5.74) is 0.553. The van der Waals surface area contributed by atoms with Crippen molar-refractivity contribution in [3.63, 3.8) is 0 Å². The molecule has 0 aliphatic carbocycles. The van der Waals surface area contributed by atoms with E-state index in [1.165, 1.54) is 49.6 Å². The van der Waals surface area contributed by atoms with Crippen molar-refractivity contribution < 1.29 is 24.3 Å². The summed E-state index contributed by atoms with van der Waals surface area (Å²) in [6.45, 7) is 0. The number of esters is 1. The average Bonchev–Trinajstić information content (AvgIpc) is 2.54. The van der Waals surface area contributed by atoms with Gasteiger partial charge in [-0.1, -0.05) is 6.07 Å². The third-order valence-electron chi connectivity index (χ3n) is 2.88. The number of rotatable bonds is 5. The summed E-state index contributed by atoms with van der Waals surface area (Å²) in [6.07, 6.45) is 2.70. The van der Waals surface area contributed by atoms with Crippen LogP contribution in [0.5, 0.6) is 17.2 Å². The number of phenolic OH excluding ortho intramolecular Hbond substituents is 1. The number of hydrogen-bond acceptors (Lipinski definition) is 6. The van der Waals surface area contributed by atoms with Gasteiger partial charge in [0.15, 0.2) is 11.5 Å². The number of non-ortho nitro benzene ring substituents is 1. The van der Waals surface area contributed by atoms with Crippen molar-refractivity contribution >= 4 is 17.7 Å². The van der Waals surface area contributed by atoms with Crippen LogP contribution in [0.2, 0.25) is 0 Å². The van der Waals surface area contributed by atoms with Gasteiger partial charge in [0.25, 0.3) is 5.69 Å². The van der Waals surface area contributed by atoms with E-state index in [0.29, 0.717) is 5.56 Å². The fourth-order valence-electron chi connectivity index (χ4n) is 1.75. The molecule has 118 valence electrons. The van der Waals surface area contributed by atoms with Crippen LogP contribution in [0, 0.1) is 10.1 Å². The monoisotopic (exact) mass is 315 g/mol. The van der Waals surface area contributed by atoms with Crippen molar-refractivity contribution in [1.82, 2.24) is 0 Å². The van der Waals surface area contributed by atoms with Crippen molar-refractivity contribution in [2.45, 2.75) is 0 Å². The Hall–Kier alpha value is -3.35. The summed E-state index contributed by atoms with van der Waals surface area (Å²) in [5, 5.41) is 20.0. The molecule has 0 saturated carbocycles. The fourth-order valence-corrected chi connectivity index (χ4v) is 1.75. The van der Waals surface area contributed by atoms with E-state index in [4.69, 9.17) is 9.47 Å². The van der Waals surface area contributed by atoms with Gasteiger partial charge >= 0.3 is 5.97 Å². The molecule has 0 aromatic heterocycles. The molecule has 0 spiro atoms. The fraction of sp³-hybridized carbons (Fsp3) is 0.0625. The predicted octanol–water partition coefficient (Wildman–Crippen LogP) is 2.93. The molecule has 0 bridgehead atoms. The zero-order valence-corrected chi connectivity index (χ0v) is 12.1. The topological polar surface area (TPSA) is 98.9 Å². The third kappa shape index (κ3) is 4.31. The molecule has 1 N–H and O–H groups in total. The van der Waals surface area contributed by atoms with Gasteiger partial charge in [0.1, 0.15) is 5.75 Å². The Morgan fingerprint density at radius 2 is 1.91 bits per heavy atom. The number of benzene rings is 2. The number of ether oxygens (including phenoxy) is 2. The van der Waals surface area contributed by atoms with Crippen LogP contribution < -0.4 is 9.47 Å². The molecule has 0 atom stereocenters. The summed E-state index contributed by atoms with van der Waals surface area (Å²) in [5.74, 6) is -0.145. The molecule has 0 fully saturated rings. The summed E-state index contributed by atoms with van der Waals surface area (Å²) in [4.78, 5) is 21.7. The van der Waals surface area contributed by atoms with Crippen molar-refractivity contribution in [3.8, 4) is 17.2 Å². The highest BCUT2D eigenvalue weighted by Crippen LogP contribution is 2.26. The number of aromatic hydroxyl groups is 1. The zero-order valence-electron chi connectivity index (χ0n) is 12.1. The lowest BCUT2D eigenvalue weighted by Crippen LogP contribution is -2.03. The number of methoxy groups -OCH3 is 1. The lowest BCUT2D eigenvalue weighted by atomic mass is 10.2. The van der Waals surface area contributed by atoms with E-state index < -0.39 is 10.9 Å². The molecule has 2 aromatic rings. The molecule has 0 radical (unpaired) electrons. The third-order valence-corrected chi connectivity index (χ3v) is 2.88. The number of carbonyl (C=O) groups excluding carboxylic acids is 1. The molecule has 0 aliphatic rings. The van der Waals surface area contributed by atoms with Gasteiger partial charge in [0.2, 0.25) is 0 Å². The Labute approximate surface area is 131 Å². The number of hydrogen-bond donors (Lipinski definition) is 1. The van der Waals surface area contributed by atoms with Crippen molar-refractivity contribution in [2.75, 3.05) is 7.11 Å². The van der Waals surface area contributed by atoms with Crippen LogP contribution in [-0.2, 0) is 4.79 Å². The van der Waals surface area contributed by atoms with Gasteiger partial charge in [-0.3, -0.25) is 10.1 Å². The molecule has 0 unspecified atom stereocenters. The van der Waals surface area contributed by atoms with E-state index in [1.54, 1.807) is 12.1 Å². The summed E-state index contributed by atoms with van der Waals surface area (Å²) < 4.78 is 9.99. The number of carbonyl (C=O) groups is 1. The maximum absolute atomic E-state index is 11.7. The van der Waals surface area contributed by atoms with Crippen molar-refractivity contribution in [3.05, 3.63) is 64.2 Å². The van der Waals surface area contributed by atoms with Crippen molar-refractivity contribution in [2.24, 2.45) is 0 Å². The smallest absolute Gasteiger partial charge is 0.336 e. The van der Waals surface area contributed by atoms with Crippen LogP contribution in [0.4, 0.5) is 5.69 Å². The first-order chi connectivity index (χ1) is 11.0. The summed E-state index contributed by atoms with van der Waals surface area (Å²) in [7, 11) is 1.42. The van der Waals surface area contributed by atoms with E-state index in [0.717, 1.165) is 0 Å². The van der Waals surface area contributed by atoms with Crippen LogP contribution in [0.25, 0.3) is 6.08 Å². The maximum Gasteiger partial charge on any atom is 0.336 e. The van der Waals surface area contributed by atoms with Gasteiger partial charge in [-0.05, 0) is 35.9 Å². The number of nitro groups is 1. The first kappa shape index (κ1) is 16.0. The molecule has 23 heavy (non-hydrogen) atoms. The van der Waals surface area contributed by atoms with E-state index in [1.807, 2.05) is 0 Å². The molecule has 0 aliphatic heterocycles. The number of nitro benzene ring substituents is 1. The second-order valence-corrected chi connectivity index (χ2v) is 4.44. The molecular weight excluding hydrogens is 302 g/mol. The van der Waals surface area contributed by atoms with Crippen LogP contribution in [0.1, 0.15) is 5.56 Å². The predicted molar refractivity (Wildman–Crippen MR) is 82.4 cm³/mol. The van der Waals surface area contributed by atoms with Crippen molar-refractivity contribution in [1.29, 1.82) is 0 Å². The Bertz CT molecular complexity index is 752. The molecule has 0 saturated heterocycles. The van der Waals surface area contributed by atoms with Crippen LogP contribution in [0.15, 0.2) is 48.5 Å². The van der Waals surface area contributed by atoms with Gasteiger partial charge in [0.05, 0.1) is 12.0 Å². The highest BCUT2D eigenvalue weighted by Gasteiger charge is 2.06. The molecule has 7 nitrogen and oxygen atoms in total. The molecular formula is C16H13NO6. The first-order valence-electron chi connectivity index (χ1n) is 6.51. The lowest BCUT2D eigenvalue weighted by molar-refractivity contribution is -0.384. The van der Waals surface area contributed by atoms with E-state index in [9.17, 15) is 20.0 Å². The Kier molecular flexibility index (Phi) is 4.93. The first-order valence-corrected chi connectivity index (χ1v) is 6.51. The molecule has 2 rings (SSSR count). The minimum atomic E-state index is -0.633. The van der Waals surface area contributed by atoms with Crippen LogP contribution >= 0.6 is 0 Å². The molecule has 0 amide bonds. The standard InChI is InChI=1S/C16H13NO6/c1-22-15-10-11(2-8-14(15)18)3-9-16(19)23-13-6-4-12(5-7-13)17(20)21/h2-10,18H,1H3. The van der Waals surface area contributed by atoms with Crippen LogP contribution in [-0.4, -0.2) is 23.1 Å². The summed E-state index contributed by atoms with van der Waals surface area (Å²) in [6, 6.07) is 9.79. The highest BCUT2D eigenvalue weighted by molar-refractivity contribution is 5.88. The molecule has 7 heteroatoms. The number of phenols is 1. The van der Waals surface area contributed by atoms with Gasteiger partial charge < -0.3 is 14.6 Å². The highest BCUT2D eigenvalue weighted by atomic mass is 16.6. The van der Waals surface area contributed by atoms with E-state index in [-0.39, 0.29) is 22.9 Å². The van der Waals surface area contributed by atoms with Gasteiger partial charge in [-0.2, -0.15) is 0 Å². The minimum absolute atomic E-state index is 0.00175. The van der Waals surface area contributed by atoms with Crippen LogP contribution in [0.3, 0.4) is 0 Å². The quantitative estimate of drug-likeness (QED) is 0.299. The second-order valence-electron chi connectivity index (χ2n) is 4.44. The Morgan fingerprint density at radius 3 is 2.52 bits per heavy atom. The zero-order chi connectivity index (χ0) is 16.8. The molecule has 2 aromatic carbocycles. The maximum atomic E-state index is 11.7. The van der Waals surface area contributed by atoms with E-state index in [2.05, 4.69) is 0 Å². The summed E-state index contributed by atoms with van der Waals surface area (Å²) >= 11 is 0. The van der Waals surface area contributed by atoms with Gasteiger partial charge in [-0.15, -0.1) is 0 Å². The minimum Gasteiger partial charge on any atom is -0.504 e. The lowest BCUT2D eigenvalue weighted by Gasteiger charge is -2.04. The van der Waals surface area contributed by atoms with Gasteiger partial charge in [-0.25, -0.2) is 4.79 Å². The Morgan fingerprint density at radius 1 is 1.22 bits per heavy atom. The van der Waals surface area contributed by atoms with E-state index >= 15 is 0 Å². The normalized spacial score (nSPS) is 10.5. The SMILES string of the molecule is COc1cc(C=CC(=O)Oc2ccc([N+](=O)[O-])cc2)ccc1O. The Balaban J connectivity index is 2.02. The van der Waals surface area contributed by atoms with Gasteiger partial charge in [0, 0.05) is 18.2 Å². The second kappa shape index (κ2) is 7.08. The largest absolute Gasteiger partial charge is 0.504 e. The molecule has 0 heterocycles. The number of nitrogens with zero attached hydrogens (tertiary/aromatic N) is 1. The average molecular weight is 315 g/mol.